The number of carbonyl (C=O) groups excluding carboxylic acids is 1. The number of esters is 1. The molecule has 3 nitrogen and oxygen atoms in total. The molecule has 0 aromatic rings. The summed E-state index contributed by atoms with van der Waals surface area (Å²) in [4.78, 5) is 11.6. The summed E-state index contributed by atoms with van der Waals surface area (Å²) in [6.45, 7) is 9.68. The Hall–Kier alpha value is -0.570. The van der Waals surface area contributed by atoms with Crippen LogP contribution in [0.4, 0.5) is 0 Å². The molecule has 17 heavy (non-hydrogen) atoms. The van der Waals surface area contributed by atoms with Crippen molar-refractivity contribution in [2.45, 2.75) is 53.4 Å². The van der Waals surface area contributed by atoms with E-state index in [1.807, 2.05) is 0 Å². The van der Waals surface area contributed by atoms with Crippen LogP contribution >= 0.6 is 0 Å². The number of hydrogen-bond donors (Lipinski definition) is 1. The molecule has 0 aromatic heterocycles. The van der Waals surface area contributed by atoms with Crippen molar-refractivity contribution in [1.82, 2.24) is 0 Å². The summed E-state index contributed by atoms with van der Waals surface area (Å²) in [5, 5.41) is 0. The maximum Gasteiger partial charge on any atom is 0.306 e. The van der Waals surface area contributed by atoms with Gasteiger partial charge in [-0.25, -0.2) is 0 Å². The minimum absolute atomic E-state index is 0.0935. The molecule has 2 unspecified atom stereocenters. The Morgan fingerprint density at radius 2 is 1.94 bits per heavy atom. The van der Waals surface area contributed by atoms with Crippen LogP contribution in [0, 0.1) is 17.8 Å². The molecule has 0 heterocycles. The highest BCUT2D eigenvalue weighted by Crippen LogP contribution is 2.15. The molecule has 2 atom stereocenters. The fourth-order valence-electron chi connectivity index (χ4n) is 2.04. The molecule has 0 bridgehead atoms. The van der Waals surface area contributed by atoms with Crippen LogP contribution in [-0.4, -0.2) is 19.1 Å². The monoisotopic (exact) mass is 243 g/mol. The third kappa shape index (κ3) is 9.16. The fraction of sp³-hybridized carbons (Fsp3) is 0.929. The summed E-state index contributed by atoms with van der Waals surface area (Å²) in [6, 6.07) is 0. The van der Waals surface area contributed by atoms with E-state index in [1.165, 1.54) is 0 Å². The highest BCUT2D eigenvalue weighted by Gasteiger charge is 2.15. The van der Waals surface area contributed by atoms with Gasteiger partial charge >= 0.3 is 5.97 Å². The van der Waals surface area contributed by atoms with Crippen LogP contribution in [0.3, 0.4) is 0 Å². The van der Waals surface area contributed by atoms with Crippen LogP contribution in [0.2, 0.25) is 0 Å². The average Bonchev–Trinajstić information content (AvgIpc) is 2.25. The quantitative estimate of drug-likeness (QED) is 0.633. The van der Waals surface area contributed by atoms with E-state index in [0.717, 1.165) is 19.3 Å². The smallest absolute Gasteiger partial charge is 0.306 e. The van der Waals surface area contributed by atoms with Gasteiger partial charge in [0.05, 0.1) is 6.61 Å². The molecule has 0 fully saturated rings. The van der Waals surface area contributed by atoms with Gasteiger partial charge in [-0.3, -0.25) is 4.79 Å². The van der Waals surface area contributed by atoms with Gasteiger partial charge in [0.1, 0.15) is 0 Å². The Bertz CT molecular complexity index is 204. The van der Waals surface area contributed by atoms with Crippen LogP contribution in [0.15, 0.2) is 0 Å². The summed E-state index contributed by atoms with van der Waals surface area (Å²) >= 11 is 0. The van der Waals surface area contributed by atoms with Gasteiger partial charge in [-0.1, -0.05) is 34.1 Å². The number of ether oxygens (including phenoxy) is 1. The van der Waals surface area contributed by atoms with Crippen molar-refractivity contribution in [1.29, 1.82) is 0 Å². The summed E-state index contributed by atoms with van der Waals surface area (Å²) < 4.78 is 5.28. The third-order valence-electron chi connectivity index (χ3n) is 2.90. The first-order valence-corrected chi connectivity index (χ1v) is 6.85. The first-order valence-electron chi connectivity index (χ1n) is 6.85. The van der Waals surface area contributed by atoms with Crippen LogP contribution < -0.4 is 5.73 Å². The summed E-state index contributed by atoms with van der Waals surface area (Å²) in [7, 11) is 0. The zero-order chi connectivity index (χ0) is 13.3. The molecular formula is C14H29NO2. The molecule has 0 aliphatic rings. The van der Waals surface area contributed by atoms with Gasteiger partial charge in [0.2, 0.25) is 0 Å². The van der Waals surface area contributed by atoms with E-state index in [2.05, 4.69) is 27.7 Å². The number of rotatable bonds is 9. The number of nitrogens with two attached hydrogens (primary N) is 1. The Morgan fingerprint density at radius 1 is 1.29 bits per heavy atom. The zero-order valence-corrected chi connectivity index (χ0v) is 11.9. The van der Waals surface area contributed by atoms with E-state index in [0.29, 0.717) is 31.4 Å². The van der Waals surface area contributed by atoms with Crippen LogP contribution in [0.1, 0.15) is 53.4 Å². The molecule has 0 aliphatic carbocycles. The number of carbonyl (C=O) groups is 1. The van der Waals surface area contributed by atoms with Crippen LogP contribution in [0.25, 0.3) is 0 Å². The fourth-order valence-corrected chi connectivity index (χ4v) is 2.04. The Morgan fingerprint density at radius 3 is 2.41 bits per heavy atom. The van der Waals surface area contributed by atoms with Crippen molar-refractivity contribution < 1.29 is 9.53 Å². The van der Waals surface area contributed by atoms with Crippen molar-refractivity contribution in [3.8, 4) is 0 Å². The topological polar surface area (TPSA) is 52.3 Å². The lowest BCUT2D eigenvalue weighted by Gasteiger charge is -2.17. The summed E-state index contributed by atoms with van der Waals surface area (Å²) in [6.07, 6.45) is 3.71. The van der Waals surface area contributed by atoms with Gasteiger partial charge in [-0.15, -0.1) is 0 Å². The highest BCUT2D eigenvalue weighted by atomic mass is 16.5. The van der Waals surface area contributed by atoms with E-state index in [9.17, 15) is 4.79 Å². The molecule has 2 N–H and O–H groups in total. The second kappa shape index (κ2) is 9.46. The third-order valence-corrected chi connectivity index (χ3v) is 2.90. The normalized spacial score (nSPS) is 14.7. The zero-order valence-electron chi connectivity index (χ0n) is 11.9. The van der Waals surface area contributed by atoms with E-state index in [-0.39, 0.29) is 11.9 Å². The van der Waals surface area contributed by atoms with Gasteiger partial charge in [0.25, 0.3) is 0 Å². The molecule has 0 radical (unpaired) electrons. The Kier molecular flexibility index (Phi) is 9.14. The maximum absolute atomic E-state index is 11.6. The molecule has 0 aromatic carbocycles. The van der Waals surface area contributed by atoms with E-state index < -0.39 is 0 Å². The van der Waals surface area contributed by atoms with E-state index in [4.69, 9.17) is 10.5 Å². The summed E-state index contributed by atoms with van der Waals surface area (Å²) in [5.74, 6) is 1.22. The average molecular weight is 243 g/mol. The number of hydrogen-bond acceptors (Lipinski definition) is 3. The molecule has 0 saturated carbocycles. The Balaban J connectivity index is 3.82. The van der Waals surface area contributed by atoms with Crippen molar-refractivity contribution in [2.24, 2.45) is 23.5 Å². The van der Waals surface area contributed by atoms with Crippen molar-refractivity contribution in [3.05, 3.63) is 0 Å². The standard InChI is InChI=1S/C14H29NO2/c1-5-6-12(4)10-17-14(16)8-13(9-15)7-11(2)3/h11-13H,5-10,15H2,1-4H3. The minimum Gasteiger partial charge on any atom is -0.465 e. The molecule has 0 saturated heterocycles. The Labute approximate surface area is 106 Å². The first-order chi connectivity index (χ1) is 7.99. The van der Waals surface area contributed by atoms with E-state index >= 15 is 0 Å². The van der Waals surface area contributed by atoms with Crippen molar-refractivity contribution in [2.75, 3.05) is 13.2 Å². The largest absolute Gasteiger partial charge is 0.465 e. The molecule has 102 valence electrons. The van der Waals surface area contributed by atoms with Crippen LogP contribution in [-0.2, 0) is 9.53 Å². The van der Waals surface area contributed by atoms with Gasteiger partial charge in [0, 0.05) is 6.42 Å². The van der Waals surface area contributed by atoms with Crippen molar-refractivity contribution in [3.63, 3.8) is 0 Å². The summed E-state index contributed by atoms with van der Waals surface area (Å²) in [5.41, 5.74) is 5.67. The predicted octanol–water partition coefficient (Wildman–Crippen LogP) is 2.98. The SMILES string of the molecule is CCCC(C)COC(=O)CC(CN)CC(C)C. The molecule has 0 rings (SSSR count). The van der Waals surface area contributed by atoms with Gasteiger partial charge in [-0.05, 0) is 37.1 Å². The predicted molar refractivity (Wildman–Crippen MR) is 71.6 cm³/mol. The second-order valence-electron chi connectivity index (χ2n) is 5.51. The second-order valence-corrected chi connectivity index (χ2v) is 5.51. The molecule has 0 aliphatic heterocycles. The maximum atomic E-state index is 11.6. The lowest BCUT2D eigenvalue weighted by atomic mass is 9.94. The molecule has 0 spiro atoms. The van der Waals surface area contributed by atoms with Gasteiger partial charge < -0.3 is 10.5 Å². The van der Waals surface area contributed by atoms with E-state index in [1.54, 1.807) is 0 Å². The molecule has 0 amide bonds. The highest BCUT2D eigenvalue weighted by molar-refractivity contribution is 5.69. The van der Waals surface area contributed by atoms with Gasteiger partial charge in [-0.2, -0.15) is 0 Å². The lowest BCUT2D eigenvalue weighted by Crippen LogP contribution is -2.22. The van der Waals surface area contributed by atoms with Crippen molar-refractivity contribution >= 4 is 5.97 Å². The first kappa shape index (κ1) is 16.4. The van der Waals surface area contributed by atoms with Crippen LogP contribution in [0.5, 0.6) is 0 Å². The molecule has 3 heteroatoms. The minimum atomic E-state index is -0.0935. The molecular weight excluding hydrogens is 214 g/mol. The van der Waals surface area contributed by atoms with Gasteiger partial charge in [0.15, 0.2) is 0 Å². The lowest BCUT2D eigenvalue weighted by molar-refractivity contribution is -0.146.